The summed E-state index contributed by atoms with van der Waals surface area (Å²) in [5, 5.41) is 6.42. The molecule has 4 aromatic carbocycles. The van der Waals surface area contributed by atoms with Gasteiger partial charge in [-0.15, -0.1) is 0 Å². The number of carbonyl (C=O) groups is 1. The summed E-state index contributed by atoms with van der Waals surface area (Å²) in [6.45, 7) is 5.12. The molecule has 0 atom stereocenters. The highest BCUT2D eigenvalue weighted by atomic mass is 16.2. The van der Waals surface area contributed by atoms with Gasteiger partial charge in [0.1, 0.15) is 17.8 Å². The molecule has 202 valence electrons. The van der Waals surface area contributed by atoms with Gasteiger partial charge in [0, 0.05) is 36.1 Å². The summed E-state index contributed by atoms with van der Waals surface area (Å²) in [7, 11) is 0. The number of rotatable bonds is 8. The maximum atomic E-state index is 13.9. The Morgan fingerprint density at radius 3 is 2.29 bits per heavy atom. The van der Waals surface area contributed by atoms with Crippen LogP contribution in [0.15, 0.2) is 116 Å². The number of aromatic nitrogens is 3. The lowest BCUT2D eigenvalue weighted by Crippen LogP contribution is -2.30. The van der Waals surface area contributed by atoms with E-state index in [1.807, 2.05) is 77.7 Å². The van der Waals surface area contributed by atoms with E-state index in [-0.39, 0.29) is 11.9 Å². The fraction of sp³-hybridized carbons (Fsp3) is 0.143. The van der Waals surface area contributed by atoms with E-state index in [9.17, 15) is 4.79 Å². The number of anilines is 1. The Morgan fingerprint density at radius 1 is 0.732 bits per heavy atom. The summed E-state index contributed by atoms with van der Waals surface area (Å²) in [5.74, 6) is 0.725. The molecule has 6 aromatic rings. The lowest BCUT2D eigenvalue weighted by atomic mass is 10.0. The van der Waals surface area contributed by atoms with Crippen LogP contribution in [-0.2, 0) is 13.1 Å². The van der Waals surface area contributed by atoms with E-state index >= 15 is 0 Å². The number of pyridine rings is 1. The molecule has 0 radical (unpaired) electrons. The van der Waals surface area contributed by atoms with Crippen molar-refractivity contribution in [1.82, 2.24) is 19.9 Å². The van der Waals surface area contributed by atoms with Crippen LogP contribution in [0.5, 0.6) is 0 Å². The molecule has 0 fully saturated rings. The molecule has 0 spiro atoms. The lowest BCUT2D eigenvalue weighted by molar-refractivity contribution is 0.0724. The topological polar surface area (TPSA) is 71.0 Å². The Bertz CT molecular complexity index is 1830. The second-order valence-corrected chi connectivity index (χ2v) is 10.5. The van der Waals surface area contributed by atoms with Crippen LogP contribution in [0.25, 0.3) is 32.8 Å². The van der Waals surface area contributed by atoms with Crippen LogP contribution in [0, 0.1) is 0 Å². The van der Waals surface area contributed by atoms with E-state index in [0.29, 0.717) is 18.8 Å². The Labute approximate surface area is 239 Å². The number of fused-ring (bicyclic) bond motifs is 2. The maximum Gasteiger partial charge on any atom is 0.273 e. The average molecular weight is 538 g/mol. The second-order valence-electron chi connectivity index (χ2n) is 10.5. The molecule has 0 aliphatic carbocycles. The van der Waals surface area contributed by atoms with E-state index in [0.717, 1.165) is 49.7 Å². The van der Waals surface area contributed by atoms with E-state index in [1.54, 1.807) is 12.5 Å². The van der Waals surface area contributed by atoms with Gasteiger partial charge in [-0.2, -0.15) is 0 Å². The van der Waals surface area contributed by atoms with Crippen molar-refractivity contribution in [3.63, 3.8) is 0 Å². The Balaban J connectivity index is 1.33. The third-order valence-electron chi connectivity index (χ3n) is 7.05. The minimum atomic E-state index is -0.0998. The van der Waals surface area contributed by atoms with Crippen LogP contribution in [0.4, 0.5) is 5.82 Å². The molecule has 0 saturated carbocycles. The summed E-state index contributed by atoms with van der Waals surface area (Å²) < 4.78 is 0. The van der Waals surface area contributed by atoms with E-state index < -0.39 is 0 Å². The first-order chi connectivity index (χ1) is 20.0. The molecule has 0 unspecified atom stereocenters. The molecule has 1 N–H and O–H groups in total. The monoisotopic (exact) mass is 537 g/mol. The molecule has 6 nitrogen and oxygen atoms in total. The molecular weight excluding hydrogens is 506 g/mol. The van der Waals surface area contributed by atoms with Crippen LogP contribution in [0.3, 0.4) is 0 Å². The zero-order chi connectivity index (χ0) is 28.2. The predicted octanol–water partition coefficient (Wildman–Crippen LogP) is 7.51. The highest BCUT2D eigenvalue weighted by Crippen LogP contribution is 2.28. The fourth-order valence-electron chi connectivity index (χ4n) is 5.06. The summed E-state index contributed by atoms with van der Waals surface area (Å²) in [4.78, 5) is 29.2. The van der Waals surface area contributed by atoms with E-state index in [1.165, 1.54) is 0 Å². The van der Waals surface area contributed by atoms with Gasteiger partial charge < -0.3 is 10.2 Å². The van der Waals surface area contributed by atoms with Crippen molar-refractivity contribution in [2.24, 2.45) is 0 Å². The number of carbonyl (C=O) groups excluding carboxylic acids is 1. The van der Waals surface area contributed by atoms with Gasteiger partial charge in [-0.25, -0.2) is 9.97 Å². The van der Waals surface area contributed by atoms with Crippen molar-refractivity contribution in [3.05, 3.63) is 132 Å². The van der Waals surface area contributed by atoms with Gasteiger partial charge in [-0.3, -0.25) is 9.78 Å². The van der Waals surface area contributed by atoms with Gasteiger partial charge in [0.2, 0.25) is 0 Å². The van der Waals surface area contributed by atoms with E-state index in [2.05, 4.69) is 64.4 Å². The molecule has 0 aliphatic heterocycles. The maximum absolute atomic E-state index is 13.9. The summed E-state index contributed by atoms with van der Waals surface area (Å²) in [5.41, 5.74) is 5.58. The molecule has 6 heteroatoms. The number of amides is 1. The zero-order valence-corrected chi connectivity index (χ0v) is 23.2. The first kappa shape index (κ1) is 26.1. The normalized spacial score (nSPS) is 11.2. The molecule has 2 heterocycles. The Morgan fingerprint density at radius 2 is 1.46 bits per heavy atom. The van der Waals surface area contributed by atoms with Crippen LogP contribution in [0.2, 0.25) is 0 Å². The largest absolute Gasteiger partial charge is 0.367 e. The Hall–Kier alpha value is -5.10. The molecule has 1 amide bonds. The molecule has 0 saturated heterocycles. The molecule has 2 aromatic heterocycles. The lowest BCUT2D eigenvalue weighted by Gasteiger charge is -2.23. The quantitative estimate of drug-likeness (QED) is 0.218. The minimum Gasteiger partial charge on any atom is -0.367 e. The number of nitrogens with zero attached hydrogens (tertiary/aromatic N) is 4. The second kappa shape index (κ2) is 11.6. The molecular formula is C35H31N5O. The Kier molecular flexibility index (Phi) is 7.37. The van der Waals surface area contributed by atoms with Crippen molar-refractivity contribution in [2.75, 3.05) is 5.32 Å². The number of nitrogens with one attached hydrogen (secondary N) is 1. The molecule has 41 heavy (non-hydrogen) atoms. The average Bonchev–Trinajstić information content (AvgIpc) is 3.00. The van der Waals surface area contributed by atoms with Crippen molar-refractivity contribution < 1.29 is 4.79 Å². The highest BCUT2D eigenvalue weighted by molar-refractivity contribution is 5.96. The first-order valence-electron chi connectivity index (χ1n) is 13.8. The predicted molar refractivity (Wildman–Crippen MR) is 165 cm³/mol. The summed E-state index contributed by atoms with van der Waals surface area (Å²) >= 11 is 0. The first-order valence-corrected chi connectivity index (χ1v) is 13.8. The van der Waals surface area contributed by atoms with Crippen molar-refractivity contribution >= 4 is 33.4 Å². The van der Waals surface area contributed by atoms with Gasteiger partial charge in [-0.1, -0.05) is 78.9 Å². The SMILES string of the molecule is CC(C)Nc1ncnc2ccc(-c3cccc(CN(Cc4ccccc4)C(=O)c4cc5ccccc5cn4)c3)cc12. The van der Waals surface area contributed by atoms with Gasteiger partial charge in [0.05, 0.1) is 5.52 Å². The van der Waals surface area contributed by atoms with Gasteiger partial charge in [0.25, 0.3) is 5.91 Å². The summed E-state index contributed by atoms with van der Waals surface area (Å²) in [6.07, 6.45) is 3.37. The van der Waals surface area contributed by atoms with Crippen molar-refractivity contribution in [1.29, 1.82) is 0 Å². The van der Waals surface area contributed by atoms with Crippen molar-refractivity contribution in [3.8, 4) is 11.1 Å². The smallest absolute Gasteiger partial charge is 0.273 e. The number of hydrogen-bond donors (Lipinski definition) is 1. The van der Waals surface area contributed by atoms with Gasteiger partial charge in [0.15, 0.2) is 0 Å². The third-order valence-corrected chi connectivity index (χ3v) is 7.05. The fourth-order valence-corrected chi connectivity index (χ4v) is 5.06. The van der Waals surface area contributed by atoms with Crippen LogP contribution >= 0.6 is 0 Å². The molecule has 0 aliphatic rings. The zero-order valence-electron chi connectivity index (χ0n) is 23.2. The van der Waals surface area contributed by atoms with Crippen LogP contribution in [0.1, 0.15) is 35.5 Å². The molecule has 0 bridgehead atoms. The van der Waals surface area contributed by atoms with Gasteiger partial charge in [-0.05, 0) is 65.8 Å². The number of hydrogen-bond acceptors (Lipinski definition) is 5. The summed E-state index contributed by atoms with van der Waals surface area (Å²) in [6, 6.07) is 34.8. The van der Waals surface area contributed by atoms with Crippen LogP contribution < -0.4 is 5.32 Å². The third kappa shape index (κ3) is 5.92. The number of benzene rings is 4. The molecule has 6 rings (SSSR count). The standard InChI is InChI=1S/C35H31N5O/c1-24(2)39-34-31-18-29(15-16-32(31)37-23-38-34)27-14-8-11-26(17-27)22-40(21-25-9-4-3-5-10-25)35(41)33-19-28-12-6-7-13-30(28)20-36-33/h3-20,23-24H,21-22H2,1-2H3,(H,37,38,39). The minimum absolute atomic E-state index is 0.0998. The van der Waals surface area contributed by atoms with Crippen molar-refractivity contribution in [2.45, 2.75) is 33.0 Å². The van der Waals surface area contributed by atoms with Crippen LogP contribution in [-0.4, -0.2) is 31.8 Å². The van der Waals surface area contributed by atoms with Gasteiger partial charge >= 0.3 is 0 Å². The highest BCUT2D eigenvalue weighted by Gasteiger charge is 2.19. The van der Waals surface area contributed by atoms with E-state index in [4.69, 9.17) is 0 Å².